The molecule has 0 saturated carbocycles. The number of rotatable bonds is 29. The number of aliphatic hydroxyl groups is 8. The second kappa shape index (κ2) is 55.9. The van der Waals surface area contributed by atoms with E-state index >= 15 is 0 Å². The van der Waals surface area contributed by atoms with Gasteiger partial charge < -0.3 is 71.5 Å². The zero-order chi connectivity index (χ0) is 58.2. The van der Waals surface area contributed by atoms with Gasteiger partial charge in [-0.2, -0.15) is 0 Å². The molecule has 0 aliphatic rings. The fraction of sp³-hybridized carbons (Fsp3) is 0.564. The Labute approximate surface area is 442 Å². The van der Waals surface area contributed by atoms with Crippen molar-refractivity contribution in [2.75, 3.05) is 52.9 Å². The quantitative estimate of drug-likeness (QED) is 0.0302. The van der Waals surface area contributed by atoms with Crippen molar-refractivity contribution in [2.45, 2.75) is 136 Å². The fourth-order valence-electron chi connectivity index (χ4n) is 4.98. The molecule has 0 heterocycles. The lowest BCUT2D eigenvalue weighted by atomic mass is 9.93. The lowest BCUT2D eigenvalue weighted by molar-refractivity contribution is -0.138. The van der Waals surface area contributed by atoms with Crippen LogP contribution in [0.25, 0.3) is 0 Å². The summed E-state index contributed by atoms with van der Waals surface area (Å²) in [5.41, 5.74) is -1.23. The summed E-state index contributed by atoms with van der Waals surface area (Å²) in [6.07, 6.45) is 17.7. The van der Waals surface area contributed by atoms with Gasteiger partial charge in [-0.25, -0.2) is 14.4 Å². The minimum atomic E-state index is -1.11. The summed E-state index contributed by atoms with van der Waals surface area (Å²) < 4.78 is 0. The molecule has 0 spiro atoms. The Kier molecular flexibility index (Phi) is 58.2. The van der Waals surface area contributed by atoms with Gasteiger partial charge in [0.15, 0.2) is 0 Å². The lowest BCUT2D eigenvalue weighted by Gasteiger charge is -2.23. The first-order chi connectivity index (χ1) is 35.7. The molecule has 3 aromatic rings. The highest BCUT2D eigenvalue weighted by molar-refractivity contribution is 5.88. The van der Waals surface area contributed by atoms with Gasteiger partial charge in [0, 0.05) is 19.3 Å². The Balaban J connectivity index is -0.000000249. The number of aromatic carboxylic acids is 3. The van der Waals surface area contributed by atoms with Gasteiger partial charge in [-0.1, -0.05) is 152 Å². The maximum atomic E-state index is 10.2. The molecule has 0 saturated heterocycles. The van der Waals surface area contributed by atoms with Crippen LogP contribution in [-0.4, -0.2) is 160 Å². The summed E-state index contributed by atoms with van der Waals surface area (Å²) in [6, 6.07) is 24.9. The summed E-state index contributed by atoms with van der Waals surface area (Å²) in [7, 11) is 0. The third-order valence-electron chi connectivity index (χ3n) is 10.2. The first-order valence-corrected chi connectivity index (χ1v) is 25.1. The monoisotopic (exact) mass is 1070 g/mol. The van der Waals surface area contributed by atoms with Crippen LogP contribution in [0, 0.1) is 10.8 Å². The van der Waals surface area contributed by atoms with Crippen molar-refractivity contribution in [3.05, 3.63) is 108 Å². The normalized spacial score (nSPS) is 9.96. The van der Waals surface area contributed by atoms with Crippen molar-refractivity contribution in [1.82, 2.24) is 0 Å². The minimum Gasteiger partial charge on any atom is -0.481 e. The molecule has 430 valence electrons. The molecule has 0 radical (unpaired) electrons. The van der Waals surface area contributed by atoms with Crippen molar-refractivity contribution in [2.24, 2.45) is 10.8 Å². The molecule has 20 nitrogen and oxygen atoms in total. The molecule has 0 atom stereocenters. The van der Waals surface area contributed by atoms with Gasteiger partial charge in [0.1, 0.15) is 0 Å². The van der Waals surface area contributed by atoms with E-state index in [2.05, 4.69) is 20.8 Å². The van der Waals surface area contributed by atoms with Crippen LogP contribution in [0.1, 0.15) is 167 Å². The summed E-state index contributed by atoms with van der Waals surface area (Å²) in [5.74, 6) is -4.65. The molecule has 3 rings (SSSR count). The second-order valence-corrected chi connectivity index (χ2v) is 17.0. The molecule has 0 aliphatic carbocycles. The van der Waals surface area contributed by atoms with E-state index < -0.39 is 99.5 Å². The van der Waals surface area contributed by atoms with Crippen molar-refractivity contribution in [3.63, 3.8) is 0 Å². The second-order valence-electron chi connectivity index (χ2n) is 17.0. The lowest BCUT2D eigenvalue weighted by Crippen LogP contribution is -2.37. The van der Waals surface area contributed by atoms with E-state index in [0.717, 1.165) is 38.5 Å². The van der Waals surface area contributed by atoms with Crippen LogP contribution < -0.4 is 0 Å². The number of hydrogen-bond donors (Lipinski definition) is 14. The Morgan fingerprint density at radius 2 is 0.467 bits per heavy atom. The van der Waals surface area contributed by atoms with Gasteiger partial charge in [0.2, 0.25) is 0 Å². The molecule has 0 aromatic heterocycles. The van der Waals surface area contributed by atoms with E-state index in [9.17, 15) is 28.8 Å². The molecule has 0 fully saturated rings. The third kappa shape index (κ3) is 52.8. The summed E-state index contributed by atoms with van der Waals surface area (Å²) in [4.78, 5) is 60.7. The van der Waals surface area contributed by atoms with Crippen LogP contribution >= 0.6 is 0 Å². The molecular weight excluding hydrogens is 981 g/mol. The average molecular weight is 1070 g/mol. The molecule has 14 N–H and O–H groups in total. The van der Waals surface area contributed by atoms with Crippen molar-refractivity contribution in [1.29, 1.82) is 0 Å². The number of carboxylic acids is 6. The number of carbonyl (C=O) groups is 6. The van der Waals surface area contributed by atoms with E-state index in [0.29, 0.717) is 36.0 Å². The predicted molar refractivity (Wildman–Crippen MR) is 285 cm³/mol. The molecule has 0 aliphatic heterocycles. The van der Waals surface area contributed by atoms with Gasteiger partial charge in [0.25, 0.3) is 0 Å². The average Bonchev–Trinajstić information content (AvgIpc) is 3.42. The van der Waals surface area contributed by atoms with Crippen LogP contribution in [0.5, 0.6) is 0 Å². The van der Waals surface area contributed by atoms with Crippen LogP contribution in [-0.2, 0) is 14.4 Å². The van der Waals surface area contributed by atoms with Gasteiger partial charge in [0.05, 0.1) is 80.4 Å². The topological polar surface area (TPSA) is 386 Å². The summed E-state index contributed by atoms with van der Waals surface area (Å²) >= 11 is 0. The maximum absolute atomic E-state index is 10.2. The molecular formula is C55H90O20. The molecule has 0 unspecified atom stereocenters. The first kappa shape index (κ1) is 78.1. The predicted octanol–water partition coefficient (Wildman–Crippen LogP) is 7.33. The Morgan fingerprint density at radius 1 is 0.293 bits per heavy atom. The zero-order valence-electron chi connectivity index (χ0n) is 44.3. The highest BCUT2D eigenvalue weighted by Crippen LogP contribution is 2.13. The highest BCUT2D eigenvalue weighted by atomic mass is 16.4. The van der Waals surface area contributed by atoms with Crippen molar-refractivity contribution >= 4 is 35.8 Å². The fourth-order valence-corrected chi connectivity index (χ4v) is 4.98. The van der Waals surface area contributed by atoms with Crippen LogP contribution in [0.2, 0.25) is 0 Å². The van der Waals surface area contributed by atoms with E-state index in [1.807, 2.05) is 0 Å². The Bertz CT molecular complexity index is 1540. The maximum Gasteiger partial charge on any atom is 0.335 e. The van der Waals surface area contributed by atoms with Crippen LogP contribution in [0.15, 0.2) is 91.0 Å². The minimum absolute atomic E-state index is 0.331. The molecule has 0 bridgehead atoms. The van der Waals surface area contributed by atoms with Crippen molar-refractivity contribution < 1.29 is 100 Å². The Hall–Kier alpha value is -5.84. The summed E-state index contributed by atoms with van der Waals surface area (Å²) in [5, 5.41) is 118. The largest absolute Gasteiger partial charge is 0.481 e. The van der Waals surface area contributed by atoms with E-state index in [-0.39, 0.29) is 0 Å². The molecule has 20 heteroatoms. The number of unbranched alkanes of at least 4 members (excludes halogenated alkanes) is 12. The molecule has 75 heavy (non-hydrogen) atoms. The van der Waals surface area contributed by atoms with E-state index in [4.69, 9.17) is 71.5 Å². The first-order valence-electron chi connectivity index (χ1n) is 25.1. The SMILES string of the molecule is CCCCCCCC(=O)O.CCCCCCCC(=O)O.CCCCCCCC(=O)O.O=C(O)c1ccccc1.O=C(O)c1ccccc1.O=C(O)c1ccccc1.OCC(CO)(CO)CO.OCC(CO)(CO)CO. The van der Waals surface area contributed by atoms with Crippen LogP contribution in [0.4, 0.5) is 0 Å². The van der Waals surface area contributed by atoms with Gasteiger partial charge in [-0.15, -0.1) is 0 Å². The third-order valence-corrected chi connectivity index (χ3v) is 10.2. The number of aliphatic hydroxyl groups excluding tert-OH is 8. The standard InChI is InChI=1S/3C8H16O2.3C7H6O2.2C5H12O4/c3*1-2-3-4-5-6-7-8(9)10;3*8-7(9)6-4-2-1-3-5-6;2*6-1-5(2-7,3-8)4-9/h3*2-7H2,1H3,(H,9,10);3*1-5H,(H,8,9);2*6-9H,1-4H2. The van der Waals surface area contributed by atoms with Gasteiger partial charge in [-0.3, -0.25) is 14.4 Å². The van der Waals surface area contributed by atoms with Gasteiger partial charge in [-0.05, 0) is 55.7 Å². The number of carboxylic acid groups (broad SMARTS) is 6. The molecule has 3 aromatic carbocycles. The van der Waals surface area contributed by atoms with Gasteiger partial charge >= 0.3 is 35.8 Å². The van der Waals surface area contributed by atoms with E-state index in [1.165, 1.54) is 57.8 Å². The number of hydrogen-bond acceptors (Lipinski definition) is 14. The zero-order valence-corrected chi connectivity index (χ0v) is 44.3. The van der Waals surface area contributed by atoms with Crippen LogP contribution in [0.3, 0.4) is 0 Å². The highest BCUT2D eigenvalue weighted by Gasteiger charge is 2.27. The number of aliphatic carboxylic acids is 3. The Morgan fingerprint density at radius 3 is 0.573 bits per heavy atom. The van der Waals surface area contributed by atoms with Crippen molar-refractivity contribution in [3.8, 4) is 0 Å². The summed E-state index contributed by atoms with van der Waals surface area (Å²) in [6.45, 7) is 3.20. The number of benzene rings is 3. The molecule has 0 amide bonds. The smallest absolute Gasteiger partial charge is 0.335 e. The van der Waals surface area contributed by atoms with E-state index in [1.54, 1.807) is 91.0 Å².